The summed E-state index contributed by atoms with van der Waals surface area (Å²) in [5, 5.41) is 9.24. The maximum absolute atomic E-state index is 13.0. The fourth-order valence-corrected chi connectivity index (χ4v) is 2.77. The van der Waals surface area contributed by atoms with Crippen molar-refractivity contribution in [2.24, 2.45) is 5.41 Å². The number of carboxylic acid groups (broad SMARTS) is 1. The van der Waals surface area contributed by atoms with E-state index in [1.54, 1.807) is 0 Å². The van der Waals surface area contributed by atoms with Crippen molar-refractivity contribution in [3.05, 3.63) is 35.4 Å². The highest BCUT2D eigenvalue weighted by Crippen LogP contribution is 2.44. The van der Waals surface area contributed by atoms with Crippen molar-refractivity contribution in [1.82, 2.24) is 4.90 Å². The van der Waals surface area contributed by atoms with E-state index < -0.39 is 29.0 Å². The topological polar surface area (TPSA) is 57.6 Å². The zero-order valence-electron chi connectivity index (χ0n) is 12.7. The lowest BCUT2D eigenvalue weighted by atomic mass is 9.66. The van der Waals surface area contributed by atoms with Crippen LogP contribution in [-0.2, 0) is 22.3 Å². The van der Waals surface area contributed by atoms with Gasteiger partial charge in [-0.2, -0.15) is 13.2 Å². The molecule has 0 atom stereocenters. The summed E-state index contributed by atoms with van der Waals surface area (Å²) in [6, 6.07) is 5.07. The number of hydrogen-bond donors (Lipinski definition) is 1. The summed E-state index contributed by atoms with van der Waals surface area (Å²) >= 11 is 0. The van der Waals surface area contributed by atoms with E-state index in [2.05, 4.69) is 0 Å². The Kier molecular flexibility index (Phi) is 4.68. The average Bonchev–Trinajstić information content (AvgIpc) is 2.41. The molecule has 0 radical (unpaired) electrons. The Morgan fingerprint density at radius 2 is 1.87 bits per heavy atom. The lowest BCUT2D eigenvalue weighted by molar-refractivity contribution is -0.159. The van der Waals surface area contributed by atoms with E-state index in [9.17, 15) is 27.9 Å². The number of nitrogens with zero attached hydrogens (tertiary/aromatic N) is 1. The van der Waals surface area contributed by atoms with Crippen molar-refractivity contribution in [3.8, 4) is 0 Å². The lowest BCUT2D eigenvalue weighted by Crippen LogP contribution is -2.43. The van der Waals surface area contributed by atoms with E-state index in [1.165, 1.54) is 25.2 Å². The smallest absolute Gasteiger partial charge is 0.416 e. The molecule has 126 valence electrons. The number of alkyl halides is 3. The molecule has 0 heterocycles. The minimum atomic E-state index is -4.49. The second kappa shape index (κ2) is 6.22. The van der Waals surface area contributed by atoms with Crippen LogP contribution >= 0.6 is 0 Å². The van der Waals surface area contributed by atoms with E-state index in [4.69, 9.17) is 0 Å². The van der Waals surface area contributed by atoms with Gasteiger partial charge in [-0.05, 0) is 24.5 Å². The van der Waals surface area contributed by atoms with E-state index in [0.29, 0.717) is 12.8 Å². The predicted octanol–water partition coefficient (Wildman–Crippen LogP) is 3.31. The highest BCUT2D eigenvalue weighted by atomic mass is 19.4. The molecular formula is C16H18F3NO3. The molecule has 0 spiro atoms. The van der Waals surface area contributed by atoms with E-state index in [0.717, 1.165) is 17.4 Å². The van der Waals surface area contributed by atoms with Crippen molar-refractivity contribution >= 4 is 11.9 Å². The molecule has 1 aromatic rings. The molecule has 23 heavy (non-hydrogen) atoms. The first-order valence-electron chi connectivity index (χ1n) is 7.28. The van der Waals surface area contributed by atoms with Crippen LogP contribution in [0.5, 0.6) is 0 Å². The maximum Gasteiger partial charge on any atom is 0.416 e. The van der Waals surface area contributed by atoms with Crippen LogP contribution in [0.3, 0.4) is 0 Å². The molecular weight excluding hydrogens is 311 g/mol. The minimum Gasteiger partial charge on any atom is -0.481 e. The largest absolute Gasteiger partial charge is 0.481 e. The van der Waals surface area contributed by atoms with Crippen LogP contribution in [0, 0.1) is 5.41 Å². The lowest BCUT2D eigenvalue weighted by Gasteiger charge is -2.38. The highest BCUT2D eigenvalue weighted by Gasteiger charge is 2.46. The normalized spacial score (nSPS) is 16.5. The summed E-state index contributed by atoms with van der Waals surface area (Å²) in [5.41, 5.74) is -1.83. The number of rotatable bonds is 5. The van der Waals surface area contributed by atoms with Gasteiger partial charge in [-0.1, -0.05) is 24.6 Å². The third kappa shape index (κ3) is 3.65. The fraction of sp³-hybridized carbons (Fsp3) is 0.500. The molecule has 2 rings (SSSR count). The quantitative estimate of drug-likeness (QED) is 0.902. The molecule has 1 N–H and O–H groups in total. The van der Waals surface area contributed by atoms with Crippen LogP contribution in [0.4, 0.5) is 13.2 Å². The Morgan fingerprint density at radius 1 is 1.26 bits per heavy atom. The molecule has 1 fully saturated rings. The summed E-state index contributed by atoms with van der Waals surface area (Å²) in [5.74, 6) is -1.47. The maximum atomic E-state index is 13.0. The number of benzene rings is 1. The van der Waals surface area contributed by atoms with Gasteiger partial charge >= 0.3 is 12.1 Å². The minimum absolute atomic E-state index is 0.00571. The van der Waals surface area contributed by atoms with E-state index >= 15 is 0 Å². The molecule has 0 aliphatic heterocycles. The summed E-state index contributed by atoms with van der Waals surface area (Å²) in [6.45, 7) is -0.204. The Balaban J connectivity index is 2.09. The predicted molar refractivity (Wildman–Crippen MR) is 76.5 cm³/mol. The first-order valence-corrected chi connectivity index (χ1v) is 7.28. The molecule has 1 aliphatic carbocycles. The third-order valence-corrected chi connectivity index (χ3v) is 4.41. The van der Waals surface area contributed by atoms with Crippen LogP contribution in [0.2, 0.25) is 0 Å². The molecule has 0 unspecified atom stereocenters. The molecule has 1 aliphatic rings. The molecule has 0 saturated heterocycles. The third-order valence-electron chi connectivity index (χ3n) is 4.41. The summed E-state index contributed by atoms with van der Waals surface area (Å²) in [4.78, 5) is 24.6. The molecule has 1 amide bonds. The molecule has 1 saturated carbocycles. The second-order valence-corrected chi connectivity index (χ2v) is 6.02. The summed E-state index contributed by atoms with van der Waals surface area (Å²) < 4.78 is 38.9. The van der Waals surface area contributed by atoms with Crippen molar-refractivity contribution < 1.29 is 27.9 Å². The number of carbonyl (C=O) groups excluding carboxylic acids is 1. The van der Waals surface area contributed by atoms with Gasteiger partial charge in [-0.25, -0.2) is 0 Å². The van der Waals surface area contributed by atoms with Gasteiger partial charge in [-0.3, -0.25) is 9.59 Å². The number of hydrogen-bond acceptors (Lipinski definition) is 2. The average molecular weight is 329 g/mol. The van der Waals surface area contributed by atoms with Gasteiger partial charge in [0, 0.05) is 20.0 Å². The Hall–Kier alpha value is -2.05. The number of halogens is 3. The standard InChI is InChI=1S/C16H18F3NO3/c1-20(13(21)9-15(14(22)23)7-4-8-15)10-11-5-2-3-6-12(11)16(17,18)19/h2-3,5-6H,4,7-10H2,1H3,(H,22,23). The Labute approximate surface area is 131 Å². The molecule has 0 aromatic heterocycles. The van der Waals surface area contributed by atoms with E-state index in [1.807, 2.05) is 0 Å². The Bertz CT molecular complexity index is 609. The summed E-state index contributed by atoms with van der Waals surface area (Å²) in [6.07, 6.45) is -3.05. The first-order chi connectivity index (χ1) is 10.7. The van der Waals surface area contributed by atoms with Crippen LogP contribution in [-0.4, -0.2) is 28.9 Å². The van der Waals surface area contributed by atoms with Crippen LogP contribution in [0.25, 0.3) is 0 Å². The SMILES string of the molecule is CN(Cc1ccccc1C(F)(F)F)C(=O)CC1(C(=O)O)CCC1. The zero-order chi connectivity index (χ0) is 17.3. The number of aliphatic carboxylic acids is 1. The first kappa shape index (κ1) is 17.3. The van der Waals surface area contributed by atoms with Gasteiger partial charge in [0.05, 0.1) is 11.0 Å². The van der Waals surface area contributed by atoms with Gasteiger partial charge in [0.25, 0.3) is 0 Å². The van der Waals surface area contributed by atoms with Crippen molar-refractivity contribution in [2.75, 3.05) is 7.05 Å². The molecule has 0 bridgehead atoms. The zero-order valence-corrected chi connectivity index (χ0v) is 12.7. The van der Waals surface area contributed by atoms with Crippen LogP contribution < -0.4 is 0 Å². The van der Waals surface area contributed by atoms with Crippen LogP contribution in [0.15, 0.2) is 24.3 Å². The van der Waals surface area contributed by atoms with Gasteiger partial charge in [-0.15, -0.1) is 0 Å². The molecule has 4 nitrogen and oxygen atoms in total. The highest BCUT2D eigenvalue weighted by molar-refractivity contribution is 5.85. The van der Waals surface area contributed by atoms with Gasteiger partial charge in [0.2, 0.25) is 5.91 Å². The van der Waals surface area contributed by atoms with Crippen molar-refractivity contribution in [3.63, 3.8) is 0 Å². The number of amides is 1. The summed E-state index contributed by atoms with van der Waals surface area (Å²) in [7, 11) is 1.39. The van der Waals surface area contributed by atoms with Gasteiger partial charge in [0.15, 0.2) is 0 Å². The van der Waals surface area contributed by atoms with Gasteiger partial charge < -0.3 is 10.0 Å². The van der Waals surface area contributed by atoms with Crippen LogP contribution in [0.1, 0.15) is 36.8 Å². The molecule has 7 heteroatoms. The monoisotopic (exact) mass is 329 g/mol. The molecule has 1 aromatic carbocycles. The van der Waals surface area contributed by atoms with Gasteiger partial charge in [0.1, 0.15) is 0 Å². The number of carbonyl (C=O) groups is 2. The number of carboxylic acids is 1. The fourth-order valence-electron chi connectivity index (χ4n) is 2.77. The van der Waals surface area contributed by atoms with Crippen molar-refractivity contribution in [1.29, 1.82) is 0 Å². The van der Waals surface area contributed by atoms with Crippen molar-refractivity contribution in [2.45, 2.75) is 38.4 Å². The van der Waals surface area contributed by atoms with E-state index in [-0.39, 0.29) is 18.5 Å². The second-order valence-electron chi connectivity index (χ2n) is 6.02. The Morgan fingerprint density at radius 3 is 2.35 bits per heavy atom.